The van der Waals surface area contributed by atoms with E-state index >= 15 is 0 Å². The van der Waals surface area contributed by atoms with E-state index in [1.165, 1.54) is 10.4 Å². The van der Waals surface area contributed by atoms with E-state index in [1.807, 2.05) is 17.0 Å². The van der Waals surface area contributed by atoms with E-state index in [0.29, 0.717) is 23.1 Å². The minimum absolute atomic E-state index is 0.115. The Morgan fingerprint density at radius 1 is 1.32 bits per heavy atom. The van der Waals surface area contributed by atoms with Crippen LogP contribution in [0.1, 0.15) is 41.8 Å². The Bertz CT molecular complexity index is 747. The minimum Gasteiger partial charge on any atom is -0.330 e. The minimum atomic E-state index is -0.139. The molecule has 1 aliphatic heterocycles. The Morgan fingerprint density at radius 2 is 2.16 bits per heavy atom. The number of thiophene rings is 1. The van der Waals surface area contributed by atoms with Gasteiger partial charge in [-0.1, -0.05) is 42.6 Å². The number of unbranched alkanes of at least 4 members (excludes halogenated alkanes) is 1. The van der Waals surface area contributed by atoms with Gasteiger partial charge in [0.05, 0.1) is 12.6 Å². The molecule has 0 aliphatic carbocycles. The van der Waals surface area contributed by atoms with E-state index in [1.54, 1.807) is 17.4 Å². The highest BCUT2D eigenvalue weighted by molar-refractivity contribution is 7.10. The van der Waals surface area contributed by atoms with Crippen LogP contribution in [0.2, 0.25) is 10.0 Å². The maximum absolute atomic E-state index is 12.9. The van der Waals surface area contributed by atoms with Crippen LogP contribution < -0.4 is 5.32 Å². The summed E-state index contributed by atoms with van der Waals surface area (Å²) in [5, 5.41) is 6.56. The molecule has 2 aromatic rings. The van der Waals surface area contributed by atoms with Gasteiger partial charge in [0.2, 0.25) is 5.91 Å². The first kappa shape index (κ1) is 18.7. The van der Waals surface area contributed by atoms with E-state index in [0.717, 1.165) is 31.4 Å². The van der Waals surface area contributed by atoms with Crippen LogP contribution in [0.15, 0.2) is 29.6 Å². The standard InChI is InChI=1S/C19H22Cl2N2OS/c1-2-3-8-22-12-18(24)23-9-6-17-15(7-10-25-17)19(23)14-5-4-13(20)11-16(14)21/h4-5,7,10-11,19,22H,2-3,6,8-9,12H2,1H3/t19-/m1/s1. The number of rotatable bonds is 6. The van der Waals surface area contributed by atoms with Crippen molar-refractivity contribution in [3.05, 3.63) is 55.7 Å². The fourth-order valence-corrected chi connectivity index (χ4v) is 4.66. The molecule has 134 valence electrons. The van der Waals surface area contributed by atoms with Crippen molar-refractivity contribution in [2.24, 2.45) is 0 Å². The van der Waals surface area contributed by atoms with Crippen LogP contribution in [0, 0.1) is 0 Å². The summed E-state index contributed by atoms with van der Waals surface area (Å²) in [4.78, 5) is 16.1. The fraction of sp³-hybridized carbons (Fsp3) is 0.421. The van der Waals surface area contributed by atoms with Crippen molar-refractivity contribution in [3.8, 4) is 0 Å². The highest BCUT2D eigenvalue weighted by atomic mass is 35.5. The van der Waals surface area contributed by atoms with Crippen molar-refractivity contribution in [1.29, 1.82) is 0 Å². The van der Waals surface area contributed by atoms with Crippen molar-refractivity contribution in [2.75, 3.05) is 19.6 Å². The van der Waals surface area contributed by atoms with Gasteiger partial charge in [-0.2, -0.15) is 0 Å². The number of hydrogen-bond donors (Lipinski definition) is 1. The Hall–Kier alpha value is -1.07. The second-order valence-corrected chi connectivity index (χ2v) is 8.08. The maximum atomic E-state index is 12.9. The summed E-state index contributed by atoms with van der Waals surface area (Å²) in [6.45, 7) is 4.09. The van der Waals surface area contributed by atoms with Crippen molar-refractivity contribution in [2.45, 2.75) is 32.2 Å². The zero-order valence-corrected chi connectivity index (χ0v) is 16.6. The smallest absolute Gasteiger partial charge is 0.237 e. The molecule has 0 radical (unpaired) electrons. The molecule has 6 heteroatoms. The van der Waals surface area contributed by atoms with E-state index < -0.39 is 0 Å². The number of fused-ring (bicyclic) bond motifs is 1. The molecule has 1 atom stereocenters. The molecule has 0 saturated heterocycles. The molecule has 2 heterocycles. The lowest BCUT2D eigenvalue weighted by atomic mass is 9.93. The summed E-state index contributed by atoms with van der Waals surface area (Å²) in [7, 11) is 0. The van der Waals surface area contributed by atoms with Gasteiger partial charge >= 0.3 is 0 Å². The number of hydrogen-bond acceptors (Lipinski definition) is 3. The number of nitrogens with one attached hydrogen (secondary N) is 1. The zero-order valence-electron chi connectivity index (χ0n) is 14.2. The summed E-state index contributed by atoms with van der Waals surface area (Å²) in [5.41, 5.74) is 2.12. The summed E-state index contributed by atoms with van der Waals surface area (Å²) in [6.07, 6.45) is 3.09. The van der Waals surface area contributed by atoms with E-state index in [2.05, 4.69) is 23.7 Å². The third kappa shape index (κ3) is 4.20. The molecule has 0 fully saturated rings. The summed E-state index contributed by atoms with van der Waals surface area (Å²) < 4.78 is 0. The molecular formula is C19H22Cl2N2OS. The van der Waals surface area contributed by atoms with E-state index in [9.17, 15) is 4.79 Å². The molecular weight excluding hydrogens is 375 g/mol. The van der Waals surface area contributed by atoms with Gasteiger partial charge in [-0.05, 0) is 54.1 Å². The number of nitrogens with zero attached hydrogens (tertiary/aromatic N) is 1. The van der Waals surface area contributed by atoms with Crippen molar-refractivity contribution in [3.63, 3.8) is 0 Å². The molecule has 1 N–H and O–H groups in total. The van der Waals surface area contributed by atoms with Gasteiger partial charge in [0.25, 0.3) is 0 Å². The van der Waals surface area contributed by atoms with Gasteiger partial charge in [0.1, 0.15) is 0 Å². The number of amides is 1. The molecule has 3 rings (SSSR count). The summed E-state index contributed by atoms with van der Waals surface area (Å²) >= 11 is 14.3. The predicted octanol–water partition coefficient (Wildman–Crippen LogP) is 4.92. The molecule has 25 heavy (non-hydrogen) atoms. The third-order valence-corrected chi connectivity index (χ3v) is 6.09. The number of benzene rings is 1. The van der Waals surface area contributed by atoms with Gasteiger partial charge in [-0.15, -0.1) is 11.3 Å². The Kier molecular flexibility index (Phi) is 6.39. The summed E-state index contributed by atoms with van der Waals surface area (Å²) in [6, 6.07) is 7.50. The fourth-order valence-electron chi connectivity index (χ4n) is 3.24. The average Bonchev–Trinajstić information content (AvgIpc) is 3.07. The normalized spacial score (nSPS) is 16.8. The number of carbonyl (C=O) groups is 1. The maximum Gasteiger partial charge on any atom is 0.237 e. The van der Waals surface area contributed by atoms with Crippen LogP contribution >= 0.6 is 34.5 Å². The summed E-state index contributed by atoms with van der Waals surface area (Å²) in [5.74, 6) is 0.115. The van der Waals surface area contributed by atoms with Crippen LogP contribution in [0.5, 0.6) is 0 Å². The molecule has 3 nitrogen and oxygen atoms in total. The molecule has 0 unspecified atom stereocenters. The van der Waals surface area contributed by atoms with Crippen LogP contribution in [-0.4, -0.2) is 30.4 Å². The quantitative estimate of drug-likeness (QED) is 0.702. The highest BCUT2D eigenvalue weighted by Gasteiger charge is 2.33. The van der Waals surface area contributed by atoms with Crippen molar-refractivity contribution >= 4 is 40.4 Å². The highest BCUT2D eigenvalue weighted by Crippen LogP contribution is 2.40. The zero-order chi connectivity index (χ0) is 17.8. The van der Waals surface area contributed by atoms with Crippen LogP contribution in [-0.2, 0) is 11.2 Å². The number of carbonyl (C=O) groups excluding carboxylic acids is 1. The Balaban J connectivity index is 1.88. The molecule has 0 saturated carbocycles. The monoisotopic (exact) mass is 396 g/mol. The lowest BCUT2D eigenvalue weighted by Gasteiger charge is -2.37. The SMILES string of the molecule is CCCCNCC(=O)N1CCc2sccc2[C@H]1c1ccc(Cl)cc1Cl. The average molecular weight is 397 g/mol. The second-order valence-electron chi connectivity index (χ2n) is 6.23. The van der Waals surface area contributed by atoms with Gasteiger partial charge < -0.3 is 10.2 Å². The second kappa shape index (κ2) is 8.54. The van der Waals surface area contributed by atoms with Crippen molar-refractivity contribution in [1.82, 2.24) is 10.2 Å². The van der Waals surface area contributed by atoms with Gasteiger partial charge in [-0.25, -0.2) is 0 Å². The number of halogens is 2. The largest absolute Gasteiger partial charge is 0.330 e. The lowest BCUT2D eigenvalue weighted by molar-refractivity contribution is -0.132. The predicted molar refractivity (Wildman–Crippen MR) is 106 cm³/mol. The first-order valence-corrected chi connectivity index (χ1v) is 10.3. The van der Waals surface area contributed by atoms with Crippen LogP contribution in [0.25, 0.3) is 0 Å². The lowest BCUT2D eigenvalue weighted by Crippen LogP contribution is -2.44. The van der Waals surface area contributed by atoms with Crippen LogP contribution in [0.3, 0.4) is 0 Å². The molecule has 1 aromatic carbocycles. The topological polar surface area (TPSA) is 32.3 Å². The Morgan fingerprint density at radius 3 is 2.92 bits per heavy atom. The molecule has 0 spiro atoms. The molecule has 1 amide bonds. The molecule has 1 aliphatic rings. The van der Waals surface area contributed by atoms with E-state index in [4.69, 9.17) is 23.2 Å². The van der Waals surface area contributed by atoms with E-state index in [-0.39, 0.29) is 11.9 Å². The van der Waals surface area contributed by atoms with Crippen molar-refractivity contribution < 1.29 is 4.79 Å². The van der Waals surface area contributed by atoms with Gasteiger partial charge in [0.15, 0.2) is 0 Å². The first-order valence-electron chi connectivity index (χ1n) is 8.63. The third-order valence-electron chi connectivity index (χ3n) is 4.53. The van der Waals surface area contributed by atoms with Gasteiger partial charge in [0, 0.05) is 21.5 Å². The Labute approximate surface area is 162 Å². The molecule has 1 aromatic heterocycles. The van der Waals surface area contributed by atoms with Gasteiger partial charge in [-0.3, -0.25) is 4.79 Å². The molecule has 0 bridgehead atoms. The first-order chi connectivity index (χ1) is 12.1. The van der Waals surface area contributed by atoms with Crippen LogP contribution in [0.4, 0.5) is 0 Å².